The molecule has 0 aliphatic heterocycles. The van der Waals surface area contributed by atoms with Crippen molar-refractivity contribution in [1.82, 2.24) is 10.2 Å². The zero-order valence-corrected chi connectivity index (χ0v) is 12.8. The predicted octanol–water partition coefficient (Wildman–Crippen LogP) is 2.46. The van der Waals surface area contributed by atoms with Gasteiger partial charge in [0, 0.05) is 24.1 Å². The molecule has 1 heterocycles. The van der Waals surface area contributed by atoms with Gasteiger partial charge in [0.15, 0.2) is 0 Å². The van der Waals surface area contributed by atoms with Gasteiger partial charge in [-0.3, -0.25) is 9.89 Å². The van der Waals surface area contributed by atoms with Gasteiger partial charge < -0.3 is 14.8 Å². The molecule has 0 saturated heterocycles. The van der Waals surface area contributed by atoms with Crippen LogP contribution in [0.2, 0.25) is 0 Å². The third-order valence-corrected chi connectivity index (χ3v) is 3.11. The Bertz CT molecular complexity index is 584. The number of nitrogens with zero attached hydrogens (tertiary/aromatic N) is 1. The van der Waals surface area contributed by atoms with Crippen molar-refractivity contribution < 1.29 is 14.3 Å². The van der Waals surface area contributed by atoms with E-state index in [1.54, 1.807) is 13.1 Å². The van der Waals surface area contributed by atoms with E-state index >= 15 is 0 Å². The second-order valence-electron chi connectivity index (χ2n) is 4.75. The Kier molecular flexibility index (Phi) is 6.12. The van der Waals surface area contributed by atoms with Crippen molar-refractivity contribution in [2.75, 3.05) is 25.1 Å². The van der Waals surface area contributed by atoms with E-state index in [0.29, 0.717) is 19.8 Å². The van der Waals surface area contributed by atoms with E-state index in [9.17, 15) is 4.79 Å². The maximum atomic E-state index is 12.1. The minimum Gasteiger partial charge on any atom is -0.379 e. The van der Waals surface area contributed by atoms with Gasteiger partial charge in [0.25, 0.3) is 5.91 Å². The molecule has 6 nitrogen and oxygen atoms in total. The summed E-state index contributed by atoms with van der Waals surface area (Å²) in [4.78, 5) is 12.1. The van der Waals surface area contributed by atoms with Crippen LogP contribution in [0.1, 0.15) is 13.8 Å². The van der Waals surface area contributed by atoms with Gasteiger partial charge in [0.1, 0.15) is 6.10 Å². The molecule has 0 fully saturated rings. The Hall–Kier alpha value is -2.18. The number of carbonyl (C=O) groups excluding carboxylic acids is 1. The number of benzene rings is 1. The molecule has 1 aromatic carbocycles. The number of aromatic amines is 1. The molecule has 1 atom stereocenters. The SMILES string of the molecule is CCOCCOC(C)C(=O)Nc1cccc(-c2ccn[nH]2)c1. The number of nitrogens with one attached hydrogen (secondary N) is 2. The zero-order valence-electron chi connectivity index (χ0n) is 12.8. The molecule has 118 valence electrons. The molecule has 6 heteroatoms. The van der Waals surface area contributed by atoms with Crippen LogP contribution in [0.15, 0.2) is 36.5 Å². The summed E-state index contributed by atoms with van der Waals surface area (Å²) in [5.41, 5.74) is 2.58. The Morgan fingerprint density at radius 1 is 1.36 bits per heavy atom. The highest BCUT2D eigenvalue weighted by Crippen LogP contribution is 2.20. The highest BCUT2D eigenvalue weighted by atomic mass is 16.5. The van der Waals surface area contributed by atoms with Crippen LogP contribution in [0.4, 0.5) is 5.69 Å². The molecule has 1 aromatic heterocycles. The molecule has 1 unspecified atom stereocenters. The number of anilines is 1. The predicted molar refractivity (Wildman–Crippen MR) is 84.6 cm³/mol. The van der Waals surface area contributed by atoms with Gasteiger partial charge >= 0.3 is 0 Å². The largest absolute Gasteiger partial charge is 0.379 e. The summed E-state index contributed by atoms with van der Waals surface area (Å²) < 4.78 is 10.6. The lowest BCUT2D eigenvalue weighted by molar-refractivity contribution is -0.127. The van der Waals surface area contributed by atoms with Crippen molar-refractivity contribution in [2.45, 2.75) is 20.0 Å². The fourth-order valence-electron chi connectivity index (χ4n) is 1.93. The quantitative estimate of drug-likeness (QED) is 0.734. The standard InChI is InChI=1S/C16H21N3O3/c1-3-21-9-10-22-12(2)16(20)18-14-6-4-5-13(11-14)15-7-8-17-19-15/h4-8,11-12H,3,9-10H2,1-2H3,(H,17,19)(H,18,20). The van der Waals surface area contributed by atoms with E-state index < -0.39 is 6.10 Å². The molecule has 2 aromatic rings. The van der Waals surface area contributed by atoms with Crippen LogP contribution >= 0.6 is 0 Å². The maximum absolute atomic E-state index is 12.1. The average molecular weight is 303 g/mol. The summed E-state index contributed by atoms with van der Waals surface area (Å²) in [6, 6.07) is 9.43. The smallest absolute Gasteiger partial charge is 0.253 e. The summed E-state index contributed by atoms with van der Waals surface area (Å²) in [5.74, 6) is -0.182. The van der Waals surface area contributed by atoms with Crippen LogP contribution in [0.3, 0.4) is 0 Å². The highest BCUT2D eigenvalue weighted by molar-refractivity contribution is 5.94. The normalized spacial score (nSPS) is 12.1. The number of amides is 1. The van der Waals surface area contributed by atoms with Crippen molar-refractivity contribution in [2.24, 2.45) is 0 Å². The number of carbonyl (C=O) groups is 1. The van der Waals surface area contributed by atoms with Gasteiger partial charge in [-0.25, -0.2) is 0 Å². The monoisotopic (exact) mass is 303 g/mol. The number of hydrogen-bond acceptors (Lipinski definition) is 4. The van der Waals surface area contributed by atoms with Crippen LogP contribution in [0.25, 0.3) is 11.3 Å². The summed E-state index contributed by atoms with van der Waals surface area (Å²) in [5, 5.41) is 9.66. The van der Waals surface area contributed by atoms with E-state index in [4.69, 9.17) is 9.47 Å². The number of H-pyrrole nitrogens is 1. The third-order valence-electron chi connectivity index (χ3n) is 3.11. The summed E-state index contributed by atoms with van der Waals surface area (Å²) in [6.07, 6.45) is 1.16. The molecule has 0 radical (unpaired) electrons. The van der Waals surface area contributed by atoms with E-state index in [1.165, 1.54) is 0 Å². The van der Waals surface area contributed by atoms with Crippen molar-refractivity contribution >= 4 is 11.6 Å². The fraction of sp³-hybridized carbons (Fsp3) is 0.375. The molecule has 2 N–H and O–H groups in total. The Morgan fingerprint density at radius 3 is 2.95 bits per heavy atom. The van der Waals surface area contributed by atoms with E-state index in [0.717, 1.165) is 16.9 Å². The Morgan fingerprint density at radius 2 is 2.23 bits per heavy atom. The number of hydrogen-bond donors (Lipinski definition) is 2. The first-order chi connectivity index (χ1) is 10.7. The lowest BCUT2D eigenvalue weighted by Crippen LogP contribution is -2.28. The van der Waals surface area contributed by atoms with Gasteiger partial charge in [-0.2, -0.15) is 5.10 Å². The minimum atomic E-state index is -0.531. The second kappa shape index (κ2) is 8.31. The van der Waals surface area contributed by atoms with Gasteiger partial charge in [-0.1, -0.05) is 12.1 Å². The lowest BCUT2D eigenvalue weighted by atomic mass is 10.1. The first kappa shape index (κ1) is 16.2. The first-order valence-corrected chi connectivity index (χ1v) is 7.30. The molecule has 22 heavy (non-hydrogen) atoms. The average Bonchev–Trinajstić information content (AvgIpc) is 3.06. The minimum absolute atomic E-state index is 0.182. The Balaban J connectivity index is 1.90. The third kappa shape index (κ3) is 4.68. The summed E-state index contributed by atoms with van der Waals surface area (Å²) in [7, 11) is 0. The molecule has 0 bridgehead atoms. The second-order valence-corrected chi connectivity index (χ2v) is 4.75. The Labute approximate surface area is 129 Å². The van der Waals surface area contributed by atoms with Gasteiger partial charge in [0.2, 0.25) is 0 Å². The topological polar surface area (TPSA) is 76.2 Å². The van der Waals surface area contributed by atoms with E-state index in [-0.39, 0.29) is 5.91 Å². The van der Waals surface area contributed by atoms with E-state index in [2.05, 4.69) is 15.5 Å². The molecule has 1 amide bonds. The molecular formula is C16H21N3O3. The van der Waals surface area contributed by atoms with Crippen molar-refractivity contribution in [3.63, 3.8) is 0 Å². The van der Waals surface area contributed by atoms with Gasteiger partial charge in [-0.15, -0.1) is 0 Å². The maximum Gasteiger partial charge on any atom is 0.253 e. The molecule has 0 aliphatic rings. The van der Waals surface area contributed by atoms with Crippen molar-refractivity contribution in [3.8, 4) is 11.3 Å². The fourth-order valence-corrected chi connectivity index (χ4v) is 1.93. The zero-order chi connectivity index (χ0) is 15.8. The molecule has 0 saturated carbocycles. The molecule has 0 aliphatic carbocycles. The summed E-state index contributed by atoms with van der Waals surface area (Å²) in [6.45, 7) is 5.17. The molecular weight excluding hydrogens is 282 g/mol. The molecule has 0 spiro atoms. The van der Waals surface area contributed by atoms with Crippen LogP contribution in [0, 0.1) is 0 Å². The first-order valence-electron chi connectivity index (χ1n) is 7.30. The summed E-state index contributed by atoms with van der Waals surface area (Å²) >= 11 is 0. The van der Waals surface area contributed by atoms with Crippen molar-refractivity contribution in [3.05, 3.63) is 36.5 Å². The van der Waals surface area contributed by atoms with Crippen LogP contribution in [-0.2, 0) is 14.3 Å². The van der Waals surface area contributed by atoms with Gasteiger partial charge in [0.05, 0.1) is 18.9 Å². The van der Waals surface area contributed by atoms with Gasteiger partial charge in [-0.05, 0) is 32.0 Å². The van der Waals surface area contributed by atoms with Crippen LogP contribution in [0.5, 0.6) is 0 Å². The highest BCUT2D eigenvalue weighted by Gasteiger charge is 2.13. The van der Waals surface area contributed by atoms with Crippen LogP contribution in [-0.4, -0.2) is 42.0 Å². The lowest BCUT2D eigenvalue weighted by Gasteiger charge is -2.13. The van der Waals surface area contributed by atoms with Crippen LogP contribution < -0.4 is 5.32 Å². The molecule has 2 rings (SSSR count). The number of rotatable bonds is 8. The van der Waals surface area contributed by atoms with Crippen molar-refractivity contribution in [1.29, 1.82) is 0 Å². The number of ether oxygens (including phenoxy) is 2. The number of aromatic nitrogens is 2. The van der Waals surface area contributed by atoms with E-state index in [1.807, 2.05) is 37.3 Å².